The number of rotatable bonds is 5. The normalized spacial score (nSPS) is 12.1. The molecule has 0 amide bonds. The van der Waals surface area contributed by atoms with E-state index in [1.54, 1.807) is 0 Å². The molecule has 2 aliphatic heterocycles. The largest absolute Gasteiger partial charge is 0.309 e. The molecule has 70 heavy (non-hydrogen) atoms. The Labute approximate surface area is 408 Å². The van der Waals surface area contributed by atoms with Crippen molar-refractivity contribution >= 4 is 55.9 Å². The van der Waals surface area contributed by atoms with Crippen molar-refractivity contribution in [2.75, 3.05) is 9.80 Å². The zero-order valence-corrected chi connectivity index (χ0v) is 38.9. The lowest BCUT2D eigenvalue weighted by Crippen LogP contribution is -2.15. The molecule has 0 fully saturated rings. The second kappa shape index (κ2) is 16.8. The zero-order valence-electron chi connectivity index (χ0n) is 38.9. The monoisotopic (exact) mass is 897 g/mol. The van der Waals surface area contributed by atoms with Gasteiger partial charge in [-0.25, -0.2) is 0 Å². The lowest BCUT2D eigenvalue weighted by molar-refractivity contribution is 1.13. The minimum atomic E-state index is 1.05. The van der Waals surface area contributed by atoms with E-state index in [9.17, 15) is 0 Å². The SMILES string of the molecule is CC.c1ccc(-n2c3c(c4ccccc42)-c2ccccc2N(c2cc(-c4ccncc4)cc(N4c5ccccc5-c5c(n(-c6ccccc6)c6ccccc56)-c5ccccc54)c2)c2ccccc2-3)cc1. The number of pyridine rings is 1. The fourth-order valence-electron chi connectivity index (χ4n) is 11.1. The number of aromatic nitrogens is 3. The van der Waals surface area contributed by atoms with Crippen molar-refractivity contribution in [2.24, 2.45) is 0 Å². The molecule has 2 aliphatic rings. The van der Waals surface area contributed by atoms with Crippen LogP contribution in [0.15, 0.2) is 249 Å². The molecule has 0 atom stereocenters. The molecule has 0 radical (unpaired) electrons. The highest BCUT2D eigenvalue weighted by Crippen LogP contribution is 2.58. The summed E-state index contributed by atoms with van der Waals surface area (Å²) in [5, 5.41) is 2.43. The van der Waals surface area contributed by atoms with E-state index >= 15 is 0 Å². The van der Waals surface area contributed by atoms with Crippen molar-refractivity contribution in [3.8, 4) is 67.3 Å². The molecule has 5 nitrogen and oxygen atoms in total. The maximum Gasteiger partial charge on any atom is 0.0641 e. The first-order chi connectivity index (χ1) is 34.8. The molecule has 0 saturated carbocycles. The fourth-order valence-corrected chi connectivity index (χ4v) is 11.1. The van der Waals surface area contributed by atoms with Crippen LogP contribution in [0.2, 0.25) is 0 Å². The molecular formula is C65H47N5. The van der Waals surface area contributed by atoms with Crippen molar-refractivity contribution in [3.05, 3.63) is 249 Å². The summed E-state index contributed by atoms with van der Waals surface area (Å²) in [6.45, 7) is 4.00. The maximum atomic E-state index is 4.46. The molecule has 14 rings (SSSR count). The van der Waals surface area contributed by atoms with Crippen molar-refractivity contribution in [2.45, 2.75) is 13.8 Å². The van der Waals surface area contributed by atoms with E-state index in [0.29, 0.717) is 0 Å². The maximum absolute atomic E-state index is 4.46. The molecule has 5 heterocycles. The first-order valence-electron chi connectivity index (χ1n) is 24.2. The third-order valence-corrected chi connectivity index (χ3v) is 13.8. The van der Waals surface area contributed by atoms with Crippen LogP contribution in [0.25, 0.3) is 89.1 Å². The number of hydrogen-bond acceptors (Lipinski definition) is 3. The molecule has 332 valence electrons. The van der Waals surface area contributed by atoms with Gasteiger partial charge >= 0.3 is 0 Å². The van der Waals surface area contributed by atoms with Crippen LogP contribution in [0.4, 0.5) is 34.1 Å². The van der Waals surface area contributed by atoms with E-state index in [2.05, 4.69) is 261 Å². The van der Waals surface area contributed by atoms with Crippen LogP contribution in [0.1, 0.15) is 13.8 Å². The molecule has 3 aromatic heterocycles. The number of anilines is 6. The van der Waals surface area contributed by atoms with Gasteiger partial charge in [-0.2, -0.15) is 0 Å². The van der Waals surface area contributed by atoms with Crippen LogP contribution in [0, 0.1) is 0 Å². The molecule has 0 saturated heterocycles. The van der Waals surface area contributed by atoms with Crippen LogP contribution in [0.3, 0.4) is 0 Å². The minimum Gasteiger partial charge on any atom is -0.309 e. The van der Waals surface area contributed by atoms with Crippen LogP contribution in [-0.2, 0) is 0 Å². The van der Waals surface area contributed by atoms with Gasteiger partial charge in [-0.05, 0) is 102 Å². The molecule has 0 spiro atoms. The fraction of sp³-hybridized carbons (Fsp3) is 0.0308. The third kappa shape index (κ3) is 6.29. The summed E-state index contributed by atoms with van der Waals surface area (Å²) in [7, 11) is 0. The van der Waals surface area contributed by atoms with Gasteiger partial charge in [0.2, 0.25) is 0 Å². The number of fused-ring (bicyclic) bond motifs is 14. The Morgan fingerprint density at radius 2 is 0.657 bits per heavy atom. The molecule has 0 N–H and O–H groups in total. The predicted octanol–water partition coefficient (Wildman–Crippen LogP) is 17.9. The standard InChI is InChI=1S/C63H41N5.C2H6/c1-3-19-44(20-4-1)67-56-31-15-9-25-50(56)60-48-23-7-13-29-54(48)65(58-33-17-11-27-52(58)62(60)67)46-39-43(42-35-37-64-38-36-42)40-47(41-46)66-55-30-14-8-24-49(55)61-51-26-10-16-32-57(51)68(45-21-5-2-6-22-45)63(61)53-28-12-18-34-59(53)66;1-2/h1-41H;1-2H3. The molecular weight excluding hydrogens is 851 g/mol. The molecule has 9 aromatic carbocycles. The lowest BCUT2D eigenvalue weighted by atomic mass is 9.98. The number of hydrogen-bond donors (Lipinski definition) is 0. The molecule has 5 heteroatoms. The highest BCUT2D eigenvalue weighted by atomic mass is 15.2. The Bertz CT molecular complexity index is 3690. The number of para-hydroxylation sites is 8. The summed E-state index contributed by atoms with van der Waals surface area (Å²) in [5.41, 5.74) is 22.7. The Kier molecular flexibility index (Phi) is 9.88. The van der Waals surface area contributed by atoms with Gasteiger partial charge in [0, 0.05) is 79.3 Å². The van der Waals surface area contributed by atoms with Crippen LogP contribution < -0.4 is 9.80 Å². The smallest absolute Gasteiger partial charge is 0.0641 e. The van der Waals surface area contributed by atoms with Gasteiger partial charge in [0.15, 0.2) is 0 Å². The summed E-state index contributed by atoms with van der Waals surface area (Å²) in [6.07, 6.45) is 3.78. The van der Waals surface area contributed by atoms with Gasteiger partial charge in [-0.3, -0.25) is 4.98 Å². The molecule has 12 aromatic rings. The minimum absolute atomic E-state index is 1.05. The second-order valence-corrected chi connectivity index (χ2v) is 17.5. The van der Waals surface area contributed by atoms with Crippen molar-refractivity contribution in [1.82, 2.24) is 14.1 Å². The lowest BCUT2D eigenvalue weighted by Gasteiger charge is -2.32. The molecule has 0 aliphatic carbocycles. The Morgan fingerprint density at radius 3 is 1.10 bits per heavy atom. The topological polar surface area (TPSA) is 29.2 Å². The van der Waals surface area contributed by atoms with E-state index in [4.69, 9.17) is 0 Å². The van der Waals surface area contributed by atoms with Crippen molar-refractivity contribution in [1.29, 1.82) is 0 Å². The van der Waals surface area contributed by atoms with E-state index in [-0.39, 0.29) is 0 Å². The van der Waals surface area contributed by atoms with E-state index in [1.807, 2.05) is 26.2 Å². The predicted molar refractivity (Wildman–Crippen MR) is 293 cm³/mol. The molecule has 0 unspecified atom stereocenters. The summed E-state index contributed by atoms with van der Waals surface area (Å²) in [6, 6.07) is 86.4. The van der Waals surface area contributed by atoms with Gasteiger partial charge in [-0.15, -0.1) is 0 Å². The first kappa shape index (κ1) is 41.0. The van der Waals surface area contributed by atoms with Crippen molar-refractivity contribution in [3.63, 3.8) is 0 Å². The first-order valence-corrected chi connectivity index (χ1v) is 24.2. The Hall–Kier alpha value is -9.19. The number of nitrogens with zero attached hydrogens (tertiary/aromatic N) is 5. The summed E-state index contributed by atoms with van der Waals surface area (Å²) < 4.78 is 4.91. The third-order valence-electron chi connectivity index (χ3n) is 13.8. The molecule has 0 bridgehead atoms. The zero-order chi connectivity index (χ0) is 46.7. The average molecular weight is 898 g/mol. The van der Waals surface area contributed by atoms with Crippen molar-refractivity contribution < 1.29 is 0 Å². The van der Waals surface area contributed by atoms with E-state index in [0.717, 1.165) is 67.8 Å². The highest BCUT2D eigenvalue weighted by molar-refractivity contribution is 6.15. The summed E-state index contributed by atoms with van der Waals surface area (Å²) >= 11 is 0. The van der Waals surface area contributed by atoms with E-state index < -0.39 is 0 Å². The van der Waals surface area contributed by atoms with E-state index in [1.165, 1.54) is 55.4 Å². The van der Waals surface area contributed by atoms with Crippen LogP contribution in [-0.4, -0.2) is 14.1 Å². The average Bonchev–Trinajstić information content (AvgIpc) is 3.88. The highest BCUT2D eigenvalue weighted by Gasteiger charge is 2.34. The quantitative estimate of drug-likeness (QED) is 0.172. The Morgan fingerprint density at radius 1 is 0.300 bits per heavy atom. The summed E-state index contributed by atoms with van der Waals surface area (Å²) in [5.74, 6) is 0. The van der Waals surface area contributed by atoms with Crippen LogP contribution >= 0.6 is 0 Å². The van der Waals surface area contributed by atoms with Gasteiger partial charge in [-0.1, -0.05) is 159 Å². The van der Waals surface area contributed by atoms with Gasteiger partial charge in [0.25, 0.3) is 0 Å². The van der Waals surface area contributed by atoms with Gasteiger partial charge < -0.3 is 18.9 Å². The number of benzene rings is 9. The summed E-state index contributed by atoms with van der Waals surface area (Å²) in [4.78, 5) is 9.44. The Balaban J connectivity index is 0.00000237. The van der Waals surface area contributed by atoms with Crippen LogP contribution in [0.5, 0.6) is 0 Å². The van der Waals surface area contributed by atoms with Gasteiger partial charge in [0.1, 0.15) is 0 Å². The van der Waals surface area contributed by atoms with Gasteiger partial charge in [0.05, 0.1) is 45.2 Å². The second-order valence-electron chi connectivity index (χ2n) is 17.5.